The SMILES string of the molecule is CC(=O)NC[C@@H]1c2sccc2[C@@H]2CN1C(=O)N2OS(=O)(=O)O. The molecule has 9 nitrogen and oxygen atoms in total. The van der Waals surface area contributed by atoms with Gasteiger partial charge in [-0.2, -0.15) is 13.5 Å². The minimum Gasteiger partial charge on any atom is -0.354 e. The zero-order valence-corrected chi connectivity index (χ0v) is 13.1. The molecule has 11 heteroatoms. The summed E-state index contributed by atoms with van der Waals surface area (Å²) >= 11 is 1.42. The van der Waals surface area contributed by atoms with Crippen LogP contribution < -0.4 is 5.32 Å². The third-order valence-corrected chi connectivity index (χ3v) is 4.95. The maximum absolute atomic E-state index is 12.3. The van der Waals surface area contributed by atoms with E-state index in [1.54, 1.807) is 6.07 Å². The molecule has 22 heavy (non-hydrogen) atoms. The molecule has 1 saturated heterocycles. The van der Waals surface area contributed by atoms with Crippen LogP contribution in [0.4, 0.5) is 4.79 Å². The summed E-state index contributed by atoms with van der Waals surface area (Å²) in [4.78, 5) is 25.7. The zero-order chi connectivity index (χ0) is 16.1. The average molecular weight is 347 g/mol. The highest BCUT2D eigenvalue weighted by atomic mass is 32.3. The van der Waals surface area contributed by atoms with Crippen molar-refractivity contribution in [1.82, 2.24) is 15.3 Å². The van der Waals surface area contributed by atoms with Crippen molar-refractivity contribution in [2.45, 2.75) is 19.0 Å². The summed E-state index contributed by atoms with van der Waals surface area (Å²) < 4.78 is 35.1. The van der Waals surface area contributed by atoms with E-state index in [-0.39, 0.29) is 19.0 Å². The fraction of sp³-hybridized carbons (Fsp3) is 0.455. The Kier molecular flexibility index (Phi) is 3.59. The lowest BCUT2D eigenvalue weighted by molar-refractivity contribution is -0.119. The van der Waals surface area contributed by atoms with Crippen LogP contribution >= 0.6 is 11.3 Å². The van der Waals surface area contributed by atoms with Gasteiger partial charge >= 0.3 is 16.4 Å². The molecular formula is C11H13N3O6S2. The van der Waals surface area contributed by atoms with Gasteiger partial charge in [-0.15, -0.1) is 15.6 Å². The van der Waals surface area contributed by atoms with Crippen molar-refractivity contribution in [3.63, 3.8) is 0 Å². The molecule has 120 valence electrons. The molecular weight excluding hydrogens is 334 g/mol. The lowest BCUT2D eigenvalue weighted by atomic mass is 9.99. The highest BCUT2D eigenvalue weighted by Crippen LogP contribution is 2.46. The Labute approximate surface area is 130 Å². The molecule has 0 radical (unpaired) electrons. The van der Waals surface area contributed by atoms with Crippen LogP contribution in [0.3, 0.4) is 0 Å². The van der Waals surface area contributed by atoms with Crippen LogP contribution in [-0.2, 0) is 19.5 Å². The third kappa shape index (κ3) is 2.56. The number of nitrogens with one attached hydrogen (secondary N) is 1. The summed E-state index contributed by atoms with van der Waals surface area (Å²) in [7, 11) is -4.80. The lowest BCUT2D eigenvalue weighted by Crippen LogP contribution is -2.40. The highest BCUT2D eigenvalue weighted by Gasteiger charge is 2.50. The van der Waals surface area contributed by atoms with E-state index in [0.29, 0.717) is 5.06 Å². The molecule has 0 aliphatic carbocycles. The van der Waals surface area contributed by atoms with Gasteiger partial charge in [-0.3, -0.25) is 9.35 Å². The average Bonchev–Trinajstić information content (AvgIpc) is 2.97. The van der Waals surface area contributed by atoms with Crippen molar-refractivity contribution in [3.8, 4) is 0 Å². The van der Waals surface area contributed by atoms with Gasteiger partial charge in [-0.05, 0) is 17.0 Å². The van der Waals surface area contributed by atoms with Gasteiger partial charge < -0.3 is 10.2 Å². The molecule has 0 aromatic carbocycles. The smallest absolute Gasteiger partial charge is 0.354 e. The minimum absolute atomic E-state index is 0.223. The van der Waals surface area contributed by atoms with E-state index in [1.165, 1.54) is 23.2 Å². The van der Waals surface area contributed by atoms with E-state index in [9.17, 15) is 18.0 Å². The van der Waals surface area contributed by atoms with Crippen molar-refractivity contribution in [1.29, 1.82) is 0 Å². The largest absolute Gasteiger partial charge is 0.418 e. The first-order chi connectivity index (χ1) is 10.3. The van der Waals surface area contributed by atoms with Crippen molar-refractivity contribution in [2.75, 3.05) is 13.1 Å². The zero-order valence-electron chi connectivity index (χ0n) is 11.4. The van der Waals surface area contributed by atoms with Crippen molar-refractivity contribution >= 4 is 33.7 Å². The summed E-state index contributed by atoms with van der Waals surface area (Å²) in [6, 6.07) is 0.116. The van der Waals surface area contributed by atoms with Gasteiger partial charge in [0.25, 0.3) is 0 Å². The molecule has 2 aliphatic rings. The number of thiophene rings is 1. The van der Waals surface area contributed by atoms with Crippen LogP contribution in [-0.4, -0.2) is 48.0 Å². The number of carbonyl (C=O) groups is 2. The van der Waals surface area contributed by atoms with Gasteiger partial charge in [-0.25, -0.2) is 4.79 Å². The van der Waals surface area contributed by atoms with Gasteiger partial charge in [0.2, 0.25) is 5.91 Å². The number of hydrogen-bond donors (Lipinski definition) is 2. The topological polar surface area (TPSA) is 116 Å². The van der Waals surface area contributed by atoms with Crippen LogP contribution in [0.5, 0.6) is 0 Å². The fourth-order valence-corrected chi connectivity index (χ4v) is 4.17. The number of nitrogens with zero attached hydrogens (tertiary/aromatic N) is 2. The van der Waals surface area contributed by atoms with Crippen molar-refractivity contribution in [2.24, 2.45) is 0 Å². The van der Waals surface area contributed by atoms with E-state index >= 15 is 0 Å². The van der Waals surface area contributed by atoms with Gasteiger partial charge in [0.1, 0.15) is 6.04 Å². The predicted octanol–water partition coefficient (Wildman–Crippen LogP) is 0.452. The summed E-state index contributed by atoms with van der Waals surface area (Å²) in [5.41, 5.74) is 0.756. The first kappa shape index (κ1) is 15.2. The quantitative estimate of drug-likeness (QED) is 0.764. The number of urea groups is 1. The highest BCUT2D eigenvalue weighted by molar-refractivity contribution is 7.80. The fourth-order valence-electron chi connectivity index (χ4n) is 2.73. The molecule has 1 fully saturated rings. The molecule has 3 rings (SSSR count). The Bertz CT molecular complexity index is 730. The Hall–Kier alpha value is -1.69. The molecule has 1 aromatic rings. The first-order valence-electron chi connectivity index (χ1n) is 6.36. The Morgan fingerprint density at radius 1 is 1.59 bits per heavy atom. The maximum Gasteiger partial charge on any atom is 0.418 e. The molecule has 3 heterocycles. The number of amides is 3. The summed E-state index contributed by atoms with van der Waals surface area (Å²) in [5, 5.41) is 5.14. The predicted molar refractivity (Wildman–Crippen MR) is 75.1 cm³/mol. The third-order valence-electron chi connectivity index (χ3n) is 3.57. The first-order valence-corrected chi connectivity index (χ1v) is 8.61. The second-order valence-electron chi connectivity index (χ2n) is 4.97. The molecule has 0 spiro atoms. The Morgan fingerprint density at radius 2 is 2.32 bits per heavy atom. The van der Waals surface area contributed by atoms with E-state index < -0.39 is 28.5 Å². The molecule has 1 aromatic heterocycles. The van der Waals surface area contributed by atoms with Gasteiger partial charge in [0.15, 0.2) is 0 Å². The molecule has 2 aliphatic heterocycles. The molecule has 2 atom stereocenters. The van der Waals surface area contributed by atoms with Crippen LogP contribution in [0, 0.1) is 0 Å². The van der Waals surface area contributed by atoms with Gasteiger partial charge in [0, 0.05) is 18.3 Å². The number of hydroxylamine groups is 2. The summed E-state index contributed by atoms with van der Waals surface area (Å²) in [6.07, 6.45) is 0. The molecule has 2 bridgehead atoms. The number of rotatable bonds is 4. The second-order valence-corrected chi connectivity index (χ2v) is 6.92. The van der Waals surface area contributed by atoms with Gasteiger partial charge in [0.05, 0.1) is 12.6 Å². The van der Waals surface area contributed by atoms with E-state index in [2.05, 4.69) is 9.60 Å². The second kappa shape index (κ2) is 5.19. The van der Waals surface area contributed by atoms with Crippen LogP contribution in [0.1, 0.15) is 29.4 Å². The van der Waals surface area contributed by atoms with E-state index in [1.807, 2.05) is 5.38 Å². The Balaban J connectivity index is 1.94. The standard InChI is InChI=1S/C11H13N3O6S2/c1-6(15)12-4-8-10-7(2-3-21-10)9-5-13(8)11(16)14(9)20-22(17,18)19/h2-3,8-9H,4-5H2,1H3,(H,12,15)(H,17,18,19)/t8-,9+/m1/s1. The number of hydrogen-bond acceptors (Lipinski definition) is 6. The molecule has 2 N–H and O–H groups in total. The lowest BCUT2D eigenvalue weighted by Gasteiger charge is -2.30. The van der Waals surface area contributed by atoms with Crippen molar-refractivity contribution < 1.29 is 26.8 Å². The minimum atomic E-state index is -4.80. The van der Waals surface area contributed by atoms with Crippen LogP contribution in [0.2, 0.25) is 0 Å². The van der Waals surface area contributed by atoms with Crippen molar-refractivity contribution in [3.05, 3.63) is 21.9 Å². The van der Waals surface area contributed by atoms with Crippen LogP contribution in [0.25, 0.3) is 0 Å². The Morgan fingerprint density at radius 3 is 2.95 bits per heavy atom. The molecule has 0 saturated carbocycles. The van der Waals surface area contributed by atoms with Crippen LogP contribution in [0.15, 0.2) is 11.4 Å². The monoisotopic (exact) mass is 347 g/mol. The summed E-state index contributed by atoms with van der Waals surface area (Å²) in [5.74, 6) is -0.224. The number of fused-ring (bicyclic) bond motifs is 4. The normalized spacial score (nSPS) is 23.6. The maximum atomic E-state index is 12.3. The van der Waals surface area contributed by atoms with Gasteiger partial charge in [-0.1, -0.05) is 0 Å². The molecule has 3 amide bonds. The van der Waals surface area contributed by atoms with E-state index in [0.717, 1.165) is 10.4 Å². The number of carbonyl (C=O) groups excluding carboxylic acids is 2. The van der Waals surface area contributed by atoms with E-state index in [4.69, 9.17) is 4.55 Å². The molecule has 0 unspecified atom stereocenters. The summed E-state index contributed by atoms with van der Waals surface area (Å²) in [6.45, 7) is 1.82.